The van der Waals surface area contributed by atoms with Crippen LogP contribution in [0.25, 0.3) is 0 Å². The van der Waals surface area contributed by atoms with E-state index in [-0.39, 0.29) is 22.5 Å². The molecule has 0 spiro atoms. The number of nitrogen functional groups attached to an aromatic ring is 1. The summed E-state index contributed by atoms with van der Waals surface area (Å²) in [4.78, 5) is 25.1. The Bertz CT molecular complexity index is 814. The minimum absolute atomic E-state index is 0.0641. The number of nitriles is 1. The standard InChI is InChI=1S/C18H20N6OS/c1-13(26-18-21-12-14(11-19)16(20)22-18)17(25)24-9-7-23(8-10-24)15-5-3-2-4-6-15/h2-6,12-13H,7-10H2,1H3,(H2,20,21,22). The molecule has 1 aromatic carbocycles. The van der Waals surface area contributed by atoms with Crippen molar-refractivity contribution in [3.05, 3.63) is 42.1 Å². The number of nitrogens with zero attached hydrogens (tertiary/aromatic N) is 5. The first kappa shape index (κ1) is 18.0. The number of hydrogen-bond donors (Lipinski definition) is 1. The predicted octanol–water partition coefficient (Wildman–Crippen LogP) is 1.76. The van der Waals surface area contributed by atoms with E-state index in [2.05, 4.69) is 27.0 Å². The summed E-state index contributed by atoms with van der Waals surface area (Å²) in [5.41, 5.74) is 7.13. The van der Waals surface area contributed by atoms with Gasteiger partial charge in [-0.05, 0) is 19.1 Å². The van der Waals surface area contributed by atoms with Gasteiger partial charge < -0.3 is 15.5 Å². The molecule has 2 heterocycles. The molecule has 26 heavy (non-hydrogen) atoms. The summed E-state index contributed by atoms with van der Waals surface area (Å²) in [6.07, 6.45) is 1.39. The summed E-state index contributed by atoms with van der Waals surface area (Å²) in [5.74, 6) is 0.204. The van der Waals surface area contributed by atoms with Crippen LogP contribution in [0, 0.1) is 11.3 Å². The lowest BCUT2D eigenvalue weighted by molar-refractivity contribution is -0.130. The van der Waals surface area contributed by atoms with Gasteiger partial charge in [0.15, 0.2) is 5.16 Å². The average molecular weight is 368 g/mol. The maximum absolute atomic E-state index is 12.7. The van der Waals surface area contributed by atoms with Crippen molar-refractivity contribution in [2.45, 2.75) is 17.3 Å². The van der Waals surface area contributed by atoms with Crippen molar-refractivity contribution in [2.24, 2.45) is 0 Å². The zero-order valence-electron chi connectivity index (χ0n) is 14.5. The number of nitrogens with two attached hydrogens (primary N) is 1. The Hall–Kier alpha value is -2.79. The molecule has 1 saturated heterocycles. The van der Waals surface area contributed by atoms with E-state index in [1.165, 1.54) is 23.6 Å². The molecule has 134 valence electrons. The Balaban J connectivity index is 1.56. The van der Waals surface area contributed by atoms with Crippen molar-refractivity contribution in [3.8, 4) is 6.07 Å². The van der Waals surface area contributed by atoms with Gasteiger partial charge in [0.25, 0.3) is 0 Å². The van der Waals surface area contributed by atoms with E-state index in [1.54, 1.807) is 0 Å². The quantitative estimate of drug-likeness (QED) is 0.648. The normalized spacial score (nSPS) is 15.4. The van der Waals surface area contributed by atoms with Crippen LogP contribution in [0.1, 0.15) is 12.5 Å². The number of amides is 1. The molecule has 0 aliphatic carbocycles. The molecule has 1 amide bonds. The molecule has 1 fully saturated rings. The molecule has 2 aromatic rings. The molecule has 1 aliphatic heterocycles. The van der Waals surface area contributed by atoms with Crippen LogP contribution in [0.2, 0.25) is 0 Å². The minimum Gasteiger partial charge on any atom is -0.382 e. The van der Waals surface area contributed by atoms with Crippen LogP contribution < -0.4 is 10.6 Å². The van der Waals surface area contributed by atoms with Crippen molar-refractivity contribution in [1.29, 1.82) is 5.26 Å². The summed E-state index contributed by atoms with van der Waals surface area (Å²) in [6, 6.07) is 12.1. The van der Waals surface area contributed by atoms with Crippen LogP contribution in [-0.2, 0) is 4.79 Å². The molecule has 0 bridgehead atoms. The van der Waals surface area contributed by atoms with E-state index in [1.807, 2.05) is 36.1 Å². The number of rotatable bonds is 4. The van der Waals surface area contributed by atoms with Crippen molar-refractivity contribution in [2.75, 3.05) is 36.8 Å². The first-order valence-corrected chi connectivity index (χ1v) is 9.24. The highest BCUT2D eigenvalue weighted by Crippen LogP contribution is 2.23. The second kappa shape index (κ2) is 8.06. The monoisotopic (exact) mass is 368 g/mol. The third-order valence-electron chi connectivity index (χ3n) is 4.26. The molecule has 0 radical (unpaired) electrons. The second-order valence-corrected chi connectivity index (χ2v) is 7.28. The zero-order chi connectivity index (χ0) is 18.5. The van der Waals surface area contributed by atoms with Gasteiger partial charge in [-0.1, -0.05) is 30.0 Å². The zero-order valence-corrected chi connectivity index (χ0v) is 15.3. The van der Waals surface area contributed by atoms with Gasteiger partial charge in [0.2, 0.25) is 5.91 Å². The van der Waals surface area contributed by atoms with Crippen LogP contribution >= 0.6 is 11.8 Å². The van der Waals surface area contributed by atoms with Gasteiger partial charge in [-0.3, -0.25) is 4.79 Å². The van der Waals surface area contributed by atoms with Gasteiger partial charge in [0.1, 0.15) is 17.5 Å². The Labute approximate surface area is 156 Å². The van der Waals surface area contributed by atoms with Crippen LogP contribution in [0.15, 0.2) is 41.7 Å². The maximum atomic E-state index is 12.7. The highest BCUT2D eigenvalue weighted by atomic mass is 32.2. The first-order valence-electron chi connectivity index (χ1n) is 8.36. The molecule has 1 aliphatic rings. The number of carbonyl (C=O) groups is 1. The van der Waals surface area contributed by atoms with Gasteiger partial charge >= 0.3 is 0 Å². The average Bonchev–Trinajstić information content (AvgIpc) is 2.68. The summed E-state index contributed by atoms with van der Waals surface area (Å²) < 4.78 is 0. The molecule has 7 nitrogen and oxygen atoms in total. The smallest absolute Gasteiger partial charge is 0.236 e. The highest BCUT2D eigenvalue weighted by Gasteiger charge is 2.26. The second-order valence-electron chi connectivity index (χ2n) is 5.97. The number of aromatic nitrogens is 2. The summed E-state index contributed by atoms with van der Waals surface area (Å²) in [7, 11) is 0. The van der Waals surface area contributed by atoms with E-state index in [4.69, 9.17) is 11.0 Å². The maximum Gasteiger partial charge on any atom is 0.236 e. The van der Waals surface area contributed by atoms with E-state index >= 15 is 0 Å². The Morgan fingerprint density at radius 1 is 1.27 bits per heavy atom. The molecule has 2 N–H and O–H groups in total. The predicted molar refractivity (Wildman–Crippen MR) is 102 cm³/mol. The fraction of sp³-hybridized carbons (Fsp3) is 0.333. The Morgan fingerprint density at radius 3 is 2.58 bits per heavy atom. The van der Waals surface area contributed by atoms with Crippen molar-refractivity contribution in [1.82, 2.24) is 14.9 Å². The number of carbonyl (C=O) groups excluding carboxylic acids is 1. The SMILES string of the molecule is CC(Sc1ncc(C#N)c(N)n1)C(=O)N1CCN(c2ccccc2)CC1. The van der Waals surface area contributed by atoms with E-state index in [9.17, 15) is 4.79 Å². The summed E-state index contributed by atoms with van der Waals surface area (Å²) in [6.45, 7) is 4.85. The van der Waals surface area contributed by atoms with Gasteiger partial charge in [0, 0.05) is 31.9 Å². The molecule has 1 aromatic heterocycles. The molecule has 3 rings (SSSR count). The van der Waals surface area contributed by atoms with E-state index < -0.39 is 0 Å². The van der Waals surface area contributed by atoms with E-state index in [0.29, 0.717) is 18.2 Å². The number of hydrogen-bond acceptors (Lipinski definition) is 7. The van der Waals surface area contributed by atoms with Crippen molar-refractivity contribution < 1.29 is 4.79 Å². The Morgan fingerprint density at radius 2 is 1.96 bits per heavy atom. The lowest BCUT2D eigenvalue weighted by Crippen LogP contribution is -2.50. The lowest BCUT2D eigenvalue weighted by atomic mass is 10.2. The third-order valence-corrected chi connectivity index (χ3v) is 5.22. The van der Waals surface area contributed by atoms with Crippen LogP contribution in [0.5, 0.6) is 0 Å². The molecule has 1 unspecified atom stereocenters. The topological polar surface area (TPSA) is 99.1 Å². The Kier molecular flexibility index (Phi) is 5.58. The van der Waals surface area contributed by atoms with Crippen LogP contribution in [0.4, 0.5) is 11.5 Å². The van der Waals surface area contributed by atoms with Crippen molar-refractivity contribution in [3.63, 3.8) is 0 Å². The van der Waals surface area contributed by atoms with Gasteiger partial charge in [-0.25, -0.2) is 9.97 Å². The highest BCUT2D eigenvalue weighted by molar-refractivity contribution is 8.00. The van der Waals surface area contributed by atoms with Crippen LogP contribution in [-0.4, -0.2) is 52.2 Å². The largest absolute Gasteiger partial charge is 0.382 e. The number of piperazine rings is 1. The van der Waals surface area contributed by atoms with Crippen LogP contribution in [0.3, 0.4) is 0 Å². The molecule has 8 heteroatoms. The fourth-order valence-corrected chi connectivity index (χ4v) is 3.64. The summed E-state index contributed by atoms with van der Waals surface area (Å²) >= 11 is 1.26. The molecule has 1 atom stereocenters. The third kappa shape index (κ3) is 4.06. The number of benzene rings is 1. The van der Waals surface area contributed by atoms with Gasteiger partial charge in [-0.2, -0.15) is 5.26 Å². The molecular formula is C18H20N6OS. The molecular weight excluding hydrogens is 348 g/mol. The number of thioether (sulfide) groups is 1. The number of para-hydroxylation sites is 1. The van der Waals surface area contributed by atoms with Crippen molar-refractivity contribution >= 4 is 29.2 Å². The van der Waals surface area contributed by atoms with E-state index in [0.717, 1.165) is 13.1 Å². The minimum atomic E-state index is -0.314. The fourth-order valence-electron chi connectivity index (χ4n) is 2.81. The van der Waals surface area contributed by atoms with Gasteiger partial charge in [-0.15, -0.1) is 0 Å². The van der Waals surface area contributed by atoms with Gasteiger partial charge in [0.05, 0.1) is 11.4 Å². The first-order chi connectivity index (χ1) is 12.6. The molecule has 0 saturated carbocycles. The number of anilines is 2. The summed E-state index contributed by atoms with van der Waals surface area (Å²) in [5, 5.41) is 8.97. The lowest BCUT2D eigenvalue weighted by Gasteiger charge is -2.37.